The van der Waals surface area contributed by atoms with Crippen molar-refractivity contribution in [2.75, 3.05) is 19.5 Å². The van der Waals surface area contributed by atoms with Gasteiger partial charge in [0.15, 0.2) is 0 Å². The van der Waals surface area contributed by atoms with Crippen molar-refractivity contribution < 1.29 is 9.84 Å². The molecule has 0 saturated carbocycles. The van der Waals surface area contributed by atoms with Gasteiger partial charge in [0.05, 0.1) is 7.11 Å². The lowest BCUT2D eigenvalue weighted by Gasteiger charge is -2.09. The number of anilines is 1. The van der Waals surface area contributed by atoms with Gasteiger partial charge in [-0.1, -0.05) is 6.07 Å². The molecule has 0 aliphatic rings. The van der Waals surface area contributed by atoms with Crippen LogP contribution >= 0.6 is 15.9 Å². The lowest BCUT2D eigenvalue weighted by atomic mass is 10.0. The second-order valence-electron chi connectivity index (χ2n) is 4.24. The molecule has 3 nitrogen and oxygen atoms in total. The topological polar surface area (TPSA) is 41.5 Å². The van der Waals surface area contributed by atoms with E-state index >= 15 is 0 Å². The van der Waals surface area contributed by atoms with Crippen LogP contribution in [0.4, 0.5) is 5.69 Å². The van der Waals surface area contributed by atoms with Gasteiger partial charge in [-0.15, -0.1) is 0 Å². The summed E-state index contributed by atoms with van der Waals surface area (Å²) >= 11 is 3.52. The smallest absolute Gasteiger partial charge is 0.119 e. The van der Waals surface area contributed by atoms with Gasteiger partial charge >= 0.3 is 0 Å². The fraction of sp³-hybridized carbons (Fsp3) is 0.200. The first-order valence-electron chi connectivity index (χ1n) is 5.96. The van der Waals surface area contributed by atoms with E-state index < -0.39 is 0 Å². The van der Waals surface area contributed by atoms with Crippen molar-refractivity contribution in [1.29, 1.82) is 0 Å². The molecule has 0 fully saturated rings. The van der Waals surface area contributed by atoms with Crippen molar-refractivity contribution in [2.45, 2.75) is 6.42 Å². The molecule has 0 aliphatic carbocycles. The molecule has 2 aromatic carbocycles. The fourth-order valence-electron chi connectivity index (χ4n) is 1.92. The minimum absolute atomic E-state index is 0.287. The monoisotopic (exact) mass is 321 g/mol. The number of phenols is 1. The quantitative estimate of drug-likeness (QED) is 0.900. The predicted octanol–water partition coefficient (Wildman–Crippen LogP) is 3.80. The van der Waals surface area contributed by atoms with Gasteiger partial charge in [-0.2, -0.15) is 0 Å². The van der Waals surface area contributed by atoms with Crippen molar-refractivity contribution in [3.8, 4) is 11.5 Å². The molecule has 0 atom stereocenters. The highest BCUT2D eigenvalue weighted by Gasteiger charge is 2.06. The van der Waals surface area contributed by atoms with Gasteiger partial charge in [0.25, 0.3) is 0 Å². The Kier molecular flexibility index (Phi) is 4.32. The number of methoxy groups -OCH3 is 1. The Morgan fingerprint density at radius 1 is 1.21 bits per heavy atom. The van der Waals surface area contributed by atoms with E-state index in [0.29, 0.717) is 6.42 Å². The summed E-state index contributed by atoms with van der Waals surface area (Å²) in [6.07, 6.45) is 0.658. The zero-order valence-corrected chi connectivity index (χ0v) is 12.5. The van der Waals surface area contributed by atoms with Gasteiger partial charge in [-0.05, 0) is 51.8 Å². The fourth-order valence-corrected chi connectivity index (χ4v) is 2.55. The Balaban J connectivity index is 2.28. The van der Waals surface area contributed by atoms with Crippen molar-refractivity contribution >= 4 is 21.6 Å². The molecular formula is C15H16BrNO2. The number of hydrogen-bond donors (Lipinski definition) is 2. The molecule has 0 spiro atoms. The van der Waals surface area contributed by atoms with Crippen LogP contribution in [0.3, 0.4) is 0 Å². The lowest BCUT2D eigenvalue weighted by molar-refractivity contribution is 0.411. The summed E-state index contributed by atoms with van der Waals surface area (Å²) in [5.41, 5.74) is 3.01. The highest BCUT2D eigenvalue weighted by Crippen LogP contribution is 2.28. The highest BCUT2D eigenvalue weighted by molar-refractivity contribution is 9.10. The zero-order chi connectivity index (χ0) is 13.8. The number of benzene rings is 2. The predicted molar refractivity (Wildman–Crippen MR) is 81.2 cm³/mol. The third-order valence-corrected chi connectivity index (χ3v) is 3.64. The number of aromatic hydroxyl groups is 1. The van der Waals surface area contributed by atoms with E-state index in [1.807, 2.05) is 31.3 Å². The Labute approximate surface area is 121 Å². The number of rotatable bonds is 4. The third-order valence-electron chi connectivity index (χ3n) is 2.98. The lowest BCUT2D eigenvalue weighted by Crippen LogP contribution is -1.94. The van der Waals surface area contributed by atoms with Gasteiger partial charge in [-0.3, -0.25) is 0 Å². The molecule has 0 aliphatic heterocycles. The van der Waals surface area contributed by atoms with Crippen LogP contribution in [-0.4, -0.2) is 19.3 Å². The molecule has 19 heavy (non-hydrogen) atoms. The largest absolute Gasteiger partial charge is 0.508 e. The summed E-state index contributed by atoms with van der Waals surface area (Å²) < 4.78 is 6.19. The number of phenolic OH excluding ortho intramolecular Hbond substituents is 1. The number of ether oxygens (including phenoxy) is 1. The van der Waals surface area contributed by atoms with E-state index in [-0.39, 0.29) is 5.75 Å². The molecule has 0 unspecified atom stereocenters. The summed E-state index contributed by atoms with van der Waals surface area (Å²) in [5, 5.41) is 13.0. The summed E-state index contributed by atoms with van der Waals surface area (Å²) in [6.45, 7) is 0. The Hall–Kier alpha value is -1.68. The summed E-state index contributed by atoms with van der Waals surface area (Å²) in [5.74, 6) is 1.04. The van der Waals surface area contributed by atoms with Crippen LogP contribution < -0.4 is 10.1 Å². The van der Waals surface area contributed by atoms with Crippen molar-refractivity contribution in [3.63, 3.8) is 0 Å². The molecule has 2 N–H and O–H groups in total. The molecule has 4 heteroatoms. The molecule has 0 bridgehead atoms. The van der Waals surface area contributed by atoms with Crippen molar-refractivity contribution in [3.05, 3.63) is 52.0 Å². The van der Waals surface area contributed by atoms with Crippen molar-refractivity contribution in [1.82, 2.24) is 0 Å². The number of hydrogen-bond acceptors (Lipinski definition) is 3. The molecule has 0 amide bonds. The Bertz CT molecular complexity index is 584. The van der Waals surface area contributed by atoms with E-state index in [2.05, 4.69) is 21.2 Å². The minimum Gasteiger partial charge on any atom is -0.508 e. The van der Waals surface area contributed by atoms with E-state index in [4.69, 9.17) is 4.74 Å². The summed E-state index contributed by atoms with van der Waals surface area (Å²) in [4.78, 5) is 0. The van der Waals surface area contributed by atoms with Gasteiger partial charge in [-0.25, -0.2) is 0 Å². The SMILES string of the molecule is CNc1ccc(Cc2cc(OC)ccc2O)cc1Br. The van der Waals surface area contributed by atoms with Crippen LogP contribution in [0.15, 0.2) is 40.9 Å². The first-order chi connectivity index (χ1) is 9.13. The maximum atomic E-state index is 9.88. The highest BCUT2D eigenvalue weighted by atomic mass is 79.9. The van der Waals surface area contributed by atoms with E-state index in [1.165, 1.54) is 0 Å². The van der Waals surface area contributed by atoms with E-state index in [9.17, 15) is 5.11 Å². The average Bonchev–Trinajstić information content (AvgIpc) is 2.41. The molecule has 100 valence electrons. The van der Waals surface area contributed by atoms with E-state index in [0.717, 1.165) is 27.0 Å². The van der Waals surface area contributed by atoms with Crippen molar-refractivity contribution in [2.24, 2.45) is 0 Å². The first-order valence-corrected chi connectivity index (χ1v) is 6.75. The van der Waals surface area contributed by atoms with Gasteiger partial charge in [0.1, 0.15) is 11.5 Å². The normalized spacial score (nSPS) is 10.3. The second kappa shape index (κ2) is 5.97. The minimum atomic E-state index is 0.287. The van der Waals surface area contributed by atoms with Crippen LogP contribution in [0.5, 0.6) is 11.5 Å². The Morgan fingerprint density at radius 3 is 2.63 bits per heavy atom. The third kappa shape index (κ3) is 3.20. The van der Waals surface area contributed by atoms with Crippen LogP contribution in [-0.2, 0) is 6.42 Å². The maximum Gasteiger partial charge on any atom is 0.119 e. The summed E-state index contributed by atoms with van der Waals surface area (Å²) in [6, 6.07) is 11.4. The zero-order valence-electron chi connectivity index (χ0n) is 10.9. The molecule has 0 radical (unpaired) electrons. The van der Waals surface area contributed by atoms with E-state index in [1.54, 1.807) is 19.2 Å². The van der Waals surface area contributed by atoms with Gasteiger partial charge in [0.2, 0.25) is 0 Å². The molecule has 0 heterocycles. The molecule has 2 aromatic rings. The molecule has 0 aromatic heterocycles. The standard InChI is InChI=1S/C15H16BrNO2/c1-17-14-5-3-10(8-13(14)16)7-11-9-12(19-2)4-6-15(11)18/h3-6,8-9,17-18H,7H2,1-2H3. The van der Waals surface area contributed by atoms with Crippen LogP contribution in [0.2, 0.25) is 0 Å². The maximum absolute atomic E-state index is 9.88. The number of nitrogens with one attached hydrogen (secondary N) is 1. The van der Waals surface area contributed by atoms with Gasteiger partial charge < -0.3 is 15.2 Å². The molecule has 0 saturated heterocycles. The average molecular weight is 322 g/mol. The van der Waals surface area contributed by atoms with Crippen LogP contribution in [0, 0.1) is 0 Å². The first kappa shape index (κ1) is 13.7. The number of halogens is 1. The molecular weight excluding hydrogens is 306 g/mol. The van der Waals surface area contributed by atoms with Crippen LogP contribution in [0.1, 0.15) is 11.1 Å². The van der Waals surface area contributed by atoms with Crippen LogP contribution in [0.25, 0.3) is 0 Å². The second-order valence-corrected chi connectivity index (χ2v) is 5.09. The van der Waals surface area contributed by atoms with Gasteiger partial charge in [0, 0.05) is 29.2 Å². The molecule has 2 rings (SSSR count). The summed E-state index contributed by atoms with van der Waals surface area (Å²) in [7, 11) is 3.50. The Morgan fingerprint density at radius 2 is 2.00 bits per heavy atom.